The van der Waals surface area contributed by atoms with E-state index in [4.69, 9.17) is 4.74 Å². The van der Waals surface area contributed by atoms with Gasteiger partial charge in [0.1, 0.15) is 5.75 Å². The lowest BCUT2D eigenvalue weighted by molar-refractivity contribution is -0.131. The van der Waals surface area contributed by atoms with Crippen molar-refractivity contribution in [2.24, 2.45) is 0 Å². The van der Waals surface area contributed by atoms with E-state index in [2.05, 4.69) is 17.0 Å². The fourth-order valence-corrected chi connectivity index (χ4v) is 3.78. The molecule has 0 spiro atoms. The third-order valence-electron chi connectivity index (χ3n) is 5.36. The van der Waals surface area contributed by atoms with Crippen LogP contribution in [0.2, 0.25) is 0 Å². The Balaban J connectivity index is 1.34. The van der Waals surface area contributed by atoms with Crippen LogP contribution in [0, 0.1) is 6.92 Å². The first-order valence-corrected chi connectivity index (χ1v) is 9.73. The molecular weight excluding hydrogens is 354 g/mol. The van der Waals surface area contributed by atoms with E-state index in [1.807, 2.05) is 48.2 Å². The van der Waals surface area contributed by atoms with Gasteiger partial charge < -0.3 is 19.4 Å². The molecule has 2 aromatic carbocycles. The molecule has 2 aromatic rings. The van der Waals surface area contributed by atoms with E-state index in [9.17, 15) is 9.59 Å². The lowest BCUT2D eigenvalue weighted by Crippen LogP contribution is -2.49. The summed E-state index contributed by atoms with van der Waals surface area (Å²) in [6, 6.07) is 16.1. The zero-order valence-corrected chi connectivity index (χ0v) is 16.1. The molecule has 2 amide bonds. The average molecular weight is 379 g/mol. The first-order chi connectivity index (χ1) is 13.6. The van der Waals surface area contributed by atoms with Crippen LogP contribution in [-0.4, -0.2) is 56.0 Å². The van der Waals surface area contributed by atoms with Gasteiger partial charge in [-0.25, -0.2) is 0 Å². The van der Waals surface area contributed by atoms with Gasteiger partial charge in [-0.2, -0.15) is 0 Å². The first kappa shape index (κ1) is 18.3. The summed E-state index contributed by atoms with van der Waals surface area (Å²) in [5.41, 5.74) is 3.02. The van der Waals surface area contributed by atoms with E-state index in [0.717, 1.165) is 24.3 Å². The molecule has 1 fully saturated rings. The Hall–Kier alpha value is -3.02. The maximum Gasteiger partial charge on any atom is 0.265 e. The maximum absolute atomic E-state index is 12.7. The van der Waals surface area contributed by atoms with Gasteiger partial charge in [0.05, 0.1) is 5.69 Å². The van der Waals surface area contributed by atoms with Gasteiger partial charge in [-0.3, -0.25) is 9.59 Å². The van der Waals surface area contributed by atoms with Crippen LogP contribution in [0.25, 0.3) is 0 Å². The van der Waals surface area contributed by atoms with E-state index in [0.29, 0.717) is 31.8 Å². The van der Waals surface area contributed by atoms with Crippen molar-refractivity contribution in [3.05, 3.63) is 54.1 Å². The number of hydrogen-bond donors (Lipinski definition) is 0. The summed E-state index contributed by atoms with van der Waals surface area (Å²) in [5, 5.41) is 0. The number of anilines is 2. The van der Waals surface area contributed by atoms with Crippen LogP contribution in [-0.2, 0) is 9.59 Å². The van der Waals surface area contributed by atoms with E-state index in [1.165, 1.54) is 5.69 Å². The number of aryl methyl sites for hydroxylation is 1. The maximum atomic E-state index is 12.7. The third kappa shape index (κ3) is 3.81. The van der Waals surface area contributed by atoms with Gasteiger partial charge in [0.15, 0.2) is 6.61 Å². The summed E-state index contributed by atoms with van der Waals surface area (Å²) in [7, 11) is 0. The van der Waals surface area contributed by atoms with Crippen molar-refractivity contribution in [3.63, 3.8) is 0 Å². The summed E-state index contributed by atoms with van der Waals surface area (Å²) in [6.45, 7) is 5.47. The van der Waals surface area contributed by atoms with Crippen molar-refractivity contribution in [1.82, 2.24) is 4.90 Å². The molecular formula is C22H25N3O3. The molecule has 0 atom stereocenters. The Bertz CT molecular complexity index is 861. The number of fused-ring (bicyclic) bond motifs is 1. The SMILES string of the molecule is Cc1ccc2c(c1)N(CCC(=O)N1CCN(c3ccccc3)CC1)C(=O)CO2. The lowest BCUT2D eigenvalue weighted by atomic mass is 10.1. The number of nitrogens with zero attached hydrogens (tertiary/aromatic N) is 3. The fraction of sp³-hybridized carbons (Fsp3) is 0.364. The minimum absolute atomic E-state index is 0.0278. The number of hydrogen-bond acceptors (Lipinski definition) is 4. The molecule has 6 nitrogen and oxygen atoms in total. The smallest absolute Gasteiger partial charge is 0.265 e. The van der Waals surface area contributed by atoms with Crippen molar-refractivity contribution >= 4 is 23.2 Å². The molecule has 2 aliphatic rings. The molecule has 2 heterocycles. The van der Waals surface area contributed by atoms with Crippen LogP contribution in [0.15, 0.2) is 48.5 Å². The second-order valence-corrected chi connectivity index (χ2v) is 7.26. The highest BCUT2D eigenvalue weighted by Gasteiger charge is 2.27. The fourth-order valence-electron chi connectivity index (χ4n) is 3.78. The minimum atomic E-state index is -0.0974. The van der Waals surface area contributed by atoms with Gasteiger partial charge in [-0.1, -0.05) is 24.3 Å². The number of rotatable bonds is 4. The molecule has 6 heteroatoms. The number of carbonyl (C=O) groups excluding carboxylic acids is 2. The van der Waals surface area contributed by atoms with Crippen LogP contribution in [0.5, 0.6) is 5.75 Å². The molecule has 0 aliphatic carbocycles. The lowest BCUT2D eigenvalue weighted by Gasteiger charge is -2.36. The molecule has 146 valence electrons. The van der Waals surface area contributed by atoms with Gasteiger partial charge in [0, 0.05) is 44.8 Å². The van der Waals surface area contributed by atoms with E-state index >= 15 is 0 Å². The van der Waals surface area contributed by atoms with Crippen LogP contribution >= 0.6 is 0 Å². The molecule has 0 bridgehead atoms. The number of piperazine rings is 1. The van der Waals surface area contributed by atoms with Gasteiger partial charge in [0.25, 0.3) is 5.91 Å². The Morgan fingerprint density at radius 2 is 1.79 bits per heavy atom. The standard InChI is InChI=1S/C22H25N3O3/c1-17-7-8-20-19(15-17)25(22(27)16-28-20)10-9-21(26)24-13-11-23(12-14-24)18-5-3-2-4-6-18/h2-8,15H,9-14,16H2,1H3. The molecule has 1 saturated heterocycles. The highest BCUT2D eigenvalue weighted by Crippen LogP contribution is 2.33. The van der Waals surface area contributed by atoms with Gasteiger partial charge in [-0.05, 0) is 36.8 Å². The number of amides is 2. The topological polar surface area (TPSA) is 53.1 Å². The van der Waals surface area contributed by atoms with Crippen LogP contribution in [0.3, 0.4) is 0 Å². The summed E-state index contributed by atoms with van der Waals surface area (Å²) in [4.78, 5) is 30.9. The Kier molecular flexibility index (Phi) is 5.19. The molecule has 0 radical (unpaired) electrons. The van der Waals surface area contributed by atoms with E-state index < -0.39 is 0 Å². The monoisotopic (exact) mass is 379 g/mol. The molecule has 2 aliphatic heterocycles. The minimum Gasteiger partial charge on any atom is -0.482 e. The second-order valence-electron chi connectivity index (χ2n) is 7.26. The van der Waals surface area contributed by atoms with Gasteiger partial charge >= 0.3 is 0 Å². The highest BCUT2D eigenvalue weighted by atomic mass is 16.5. The normalized spacial score (nSPS) is 16.6. The van der Waals surface area contributed by atoms with Gasteiger partial charge in [0.2, 0.25) is 5.91 Å². The summed E-state index contributed by atoms with van der Waals surface area (Å²) < 4.78 is 5.51. The molecule has 0 unspecified atom stereocenters. The van der Waals surface area contributed by atoms with Crippen LogP contribution < -0.4 is 14.5 Å². The molecule has 0 aromatic heterocycles. The molecule has 4 rings (SSSR count). The molecule has 0 saturated carbocycles. The molecule has 28 heavy (non-hydrogen) atoms. The highest BCUT2D eigenvalue weighted by molar-refractivity contribution is 5.98. The van der Waals surface area contributed by atoms with Crippen molar-refractivity contribution in [2.45, 2.75) is 13.3 Å². The average Bonchev–Trinajstić information content (AvgIpc) is 2.73. The first-order valence-electron chi connectivity index (χ1n) is 9.73. The quantitative estimate of drug-likeness (QED) is 0.819. The summed E-state index contributed by atoms with van der Waals surface area (Å²) in [6.07, 6.45) is 0.324. The predicted molar refractivity (Wildman–Crippen MR) is 109 cm³/mol. The van der Waals surface area contributed by atoms with Crippen LogP contribution in [0.1, 0.15) is 12.0 Å². The molecule has 0 N–H and O–H groups in total. The summed E-state index contributed by atoms with van der Waals surface area (Å²) in [5.74, 6) is 0.704. The Labute approximate surface area is 165 Å². The number of benzene rings is 2. The summed E-state index contributed by atoms with van der Waals surface area (Å²) >= 11 is 0. The van der Waals surface area contributed by atoms with Crippen molar-refractivity contribution < 1.29 is 14.3 Å². The Morgan fingerprint density at radius 3 is 2.54 bits per heavy atom. The number of para-hydroxylation sites is 1. The number of ether oxygens (including phenoxy) is 1. The van der Waals surface area contributed by atoms with Crippen molar-refractivity contribution in [2.75, 3.05) is 49.1 Å². The largest absolute Gasteiger partial charge is 0.482 e. The van der Waals surface area contributed by atoms with E-state index in [-0.39, 0.29) is 18.4 Å². The van der Waals surface area contributed by atoms with Crippen molar-refractivity contribution in [3.8, 4) is 5.75 Å². The second kappa shape index (κ2) is 7.92. The van der Waals surface area contributed by atoms with Gasteiger partial charge in [-0.15, -0.1) is 0 Å². The number of carbonyl (C=O) groups is 2. The van der Waals surface area contributed by atoms with E-state index in [1.54, 1.807) is 4.90 Å². The third-order valence-corrected chi connectivity index (χ3v) is 5.36. The zero-order chi connectivity index (χ0) is 19.5. The Morgan fingerprint density at radius 1 is 1.04 bits per heavy atom. The van der Waals surface area contributed by atoms with Crippen LogP contribution in [0.4, 0.5) is 11.4 Å². The van der Waals surface area contributed by atoms with Crippen molar-refractivity contribution in [1.29, 1.82) is 0 Å². The predicted octanol–water partition coefficient (Wildman–Crippen LogP) is 2.46. The zero-order valence-electron chi connectivity index (χ0n) is 16.1.